The fourth-order valence-electron chi connectivity index (χ4n) is 2.97. The van der Waals surface area contributed by atoms with Crippen LogP contribution in [0.2, 0.25) is 5.02 Å². The summed E-state index contributed by atoms with van der Waals surface area (Å²) in [6.45, 7) is 1.96. The van der Waals surface area contributed by atoms with E-state index < -0.39 is 29.9 Å². The van der Waals surface area contributed by atoms with E-state index in [1.165, 1.54) is 12.1 Å². The Morgan fingerprint density at radius 3 is 2.74 bits per heavy atom. The van der Waals surface area contributed by atoms with Crippen LogP contribution in [-0.2, 0) is 17.3 Å². The van der Waals surface area contributed by atoms with Crippen LogP contribution < -0.4 is 11.1 Å². The van der Waals surface area contributed by atoms with E-state index in [1.807, 2.05) is 0 Å². The van der Waals surface area contributed by atoms with Crippen molar-refractivity contribution in [3.8, 4) is 0 Å². The largest absolute Gasteiger partial charge is 0.459 e. The number of nitrogens with one attached hydrogen (secondary N) is 1. The lowest BCUT2D eigenvalue weighted by Crippen LogP contribution is -2.51. The number of hydrogen-bond donors (Lipinski definition) is 2. The van der Waals surface area contributed by atoms with E-state index in [2.05, 4.69) is 20.1 Å². The Morgan fingerprint density at radius 1 is 1.41 bits per heavy atom. The second-order valence-electron chi connectivity index (χ2n) is 6.61. The smallest absolute Gasteiger partial charge is 0.310 e. The average molecular weight is 402 g/mol. The van der Waals surface area contributed by atoms with Gasteiger partial charge in [-0.15, -0.1) is 0 Å². The third-order valence-electron chi connectivity index (χ3n) is 4.54. The summed E-state index contributed by atoms with van der Waals surface area (Å²) < 4.78 is 49.6. The Kier molecular flexibility index (Phi) is 4.75. The molecule has 2 heterocycles. The highest BCUT2D eigenvalue weighted by molar-refractivity contribution is 6.31. The zero-order chi connectivity index (χ0) is 20.0. The SMILES string of the molecule is CC(Nc1ccc(F)c([C@@]2(C)N=C(N)OCC2(F)F)c1)c1nn(C)cc1Cl. The number of aryl methyl sites for hydroxylation is 1. The molecule has 0 saturated heterocycles. The quantitative estimate of drug-likeness (QED) is 0.820. The van der Waals surface area contributed by atoms with Crippen LogP contribution in [0.5, 0.6) is 0 Å². The summed E-state index contributed by atoms with van der Waals surface area (Å²) in [7, 11) is 1.73. The van der Waals surface area contributed by atoms with Crippen molar-refractivity contribution in [3.63, 3.8) is 0 Å². The number of ether oxygens (including phenoxy) is 1. The Balaban J connectivity index is 1.97. The number of nitrogens with zero attached hydrogens (tertiary/aromatic N) is 3. The van der Waals surface area contributed by atoms with E-state index in [0.29, 0.717) is 16.4 Å². The van der Waals surface area contributed by atoms with Crippen LogP contribution in [0.4, 0.5) is 18.9 Å². The van der Waals surface area contributed by atoms with Crippen molar-refractivity contribution in [2.75, 3.05) is 11.9 Å². The van der Waals surface area contributed by atoms with E-state index in [4.69, 9.17) is 17.3 Å². The van der Waals surface area contributed by atoms with Crippen LogP contribution in [0.1, 0.15) is 31.1 Å². The lowest BCUT2D eigenvalue weighted by Gasteiger charge is -2.37. The molecule has 10 heteroatoms. The van der Waals surface area contributed by atoms with Gasteiger partial charge in [0, 0.05) is 24.5 Å². The van der Waals surface area contributed by atoms with Crippen molar-refractivity contribution >= 4 is 23.3 Å². The molecule has 27 heavy (non-hydrogen) atoms. The van der Waals surface area contributed by atoms with Gasteiger partial charge in [-0.1, -0.05) is 11.6 Å². The Morgan fingerprint density at radius 2 is 2.11 bits per heavy atom. The first-order valence-electron chi connectivity index (χ1n) is 8.15. The lowest BCUT2D eigenvalue weighted by molar-refractivity contribution is -0.117. The van der Waals surface area contributed by atoms with Crippen molar-refractivity contribution < 1.29 is 17.9 Å². The summed E-state index contributed by atoms with van der Waals surface area (Å²) in [5.74, 6) is -4.25. The van der Waals surface area contributed by atoms with Crippen LogP contribution in [0.25, 0.3) is 0 Å². The van der Waals surface area contributed by atoms with Crippen LogP contribution >= 0.6 is 11.6 Å². The molecule has 0 spiro atoms. The van der Waals surface area contributed by atoms with Gasteiger partial charge in [-0.05, 0) is 32.0 Å². The predicted octanol–water partition coefficient (Wildman–Crippen LogP) is 3.58. The lowest BCUT2D eigenvalue weighted by atomic mass is 9.85. The number of aromatic nitrogens is 2. The highest BCUT2D eigenvalue weighted by Gasteiger charge is 2.56. The molecule has 0 aliphatic carbocycles. The number of aliphatic imine (C=N–C) groups is 1. The first-order chi connectivity index (χ1) is 12.5. The van der Waals surface area contributed by atoms with E-state index in [9.17, 15) is 13.2 Å². The van der Waals surface area contributed by atoms with Gasteiger partial charge in [0.25, 0.3) is 6.02 Å². The van der Waals surface area contributed by atoms with E-state index >= 15 is 0 Å². The summed E-state index contributed by atoms with van der Waals surface area (Å²) in [4.78, 5) is 3.71. The Bertz CT molecular complexity index is 901. The van der Waals surface area contributed by atoms with Crippen molar-refractivity contribution in [1.29, 1.82) is 0 Å². The minimum Gasteiger partial charge on any atom is -0.459 e. The fourth-order valence-corrected chi connectivity index (χ4v) is 3.32. The molecule has 6 nitrogen and oxygen atoms in total. The summed E-state index contributed by atoms with van der Waals surface area (Å²) in [5.41, 5.74) is 3.98. The van der Waals surface area contributed by atoms with Crippen LogP contribution in [0.15, 0.2) is 29.4 Å². The molecule has 0 amide bonds. The van der Waals surface area contributed by atoms with Gasteiger partial charge in [-0.2, -0.15) is 13.9 Å². The van der Waals surface area contributed by atoms with Gasteiger partial charge in [0.1, 0.15) is 11.5 Å². The molecule has 2 aromatic rings. The van der Waals surface area contributed by atoms with Crippen molar-refractivity contribution in [2.45, 2.75) is 31.4 Å². The van der Waals surface area contributed by atoms with E-state index in [0.717, 1.165) is 13.0 Å². The molecule has 0 radical (unpaired) electrons. The van der Waals surface area contributed by atoms with E-state index in [1.54, 1.807) is 24.9 Å². The maximum atomic E-state index is 14.5. The zero-order valence-electron chi connectivity index (χ0n) is 14.9. The number of benzene rings is 1. The molecule has 3 N–H and O–H groups in total. The molecule has 1 unspecified atom stereocenters. The number of nitrogens with two attached hydrogens (primary N) is 1. The molecule has 1 aromatic carbocycles. The van der Waals surface area contributed by atoms with Gasteiger partial charge in [0.15, 0.2) is 12.1 Å². The number of amidine groups is 1. The molecule has 0 fully saturated rings. The maximum Gasteiger partial charge on any atom is 0.310 e. The topological polar surface area (TPSA) is 77.5 Å². The van der Waals surface area contributed by atoms with Gasteiger partial charge in [0.05, 0.1) is 11.1 Å². The van der Waals surface area contributed by atoms with Crippen LogP contribution in [-0.4, -0.2) is 28.3 Å². The minimum absolute atomic E-state index is 0.289. The van der Waals surface area contributed by atoms with Crippen molar-refractivity contribution in [3.05, 3.63) is 46.5 Å². The molecule has 1 aliphatic heterocycles. The van der Waals surface area contributed by atoms with E-state index in [-0.39, 0.29) is 11.6 Å². The zero-order valence-corrected chi connectivity index (χ0v) is 15.7. The predicted molar refractivity (Wildman–Crippen MR) is 96.5 cm³/mol. The number of hydrogen-bond acceptors (Lipinski definition) is 5. The molecule has 1 aliphatic rings. The standard InChI is InChI=1S/C17H19ClF3N5O/c1-9(14-12(18)7-26(3)25-14)23-10-4-5-13(19)11(6-10)16(2)17(20,21)8-27-15(22)24-16/h4-7,9,23H,8H2,1-3H3,(H2,22,24)/t9?,16-/m1/s1. The Labute approximate surface area is 159 Å². The molecular weight excluding hydrogens is 383 g/mol. The number of halogens is 4. The normalized spacial score (nSPS) is 22.7. The highest BCUT2D eigenvalue weighted by Crippen LogP contribution is 2.45. The second kappa shape index (κ2) is 6.63. The van der Waals surface area contributed by atoms with Gasteiger partial charge < -0.3 is 15.8 Å². The monoisotopic (exact) mass is 401 g/mol. The van der Waals surface area contributed by atoms with Crippen molar-refractivity contribution in [2.24, 2.45) is 17.8 Å². The summed E-state index contributed by atoms with van der Waals surface area (Å²) >= 11 is 6.13. The summed E-state index contributed by atoms with van der Waals surface area (Å²) in [6.07, 6.45) is 1.65. The second-order valence-corrected chi connectivity index (χ2v) is 7.02. The summed E-state index contributed by atoms with van der Waals surface area (Å²) in [6, 6.07) is 3.09. The van der Waals surface area contributed by atoms with Gasteiger partial charge >= 0.3 is 5.92 Å². The molecule has 146 valence electrons. The molecule has 0 saturated carbocycles. The third kappa shape index (κ3) is 3.43. The van der Waals surface area contributed by atoms with Crippen molar-refractivity contribution in [1.82, 2.24) is 9.78 Å². The maximum absolute atomic E-state index is 14.5. The van der Waals surface area contributed by atoms with Crippen LogP contribution in [0, 0.1) is 5.82 Å². The first-order valence-corrected chi connectivity index (χ1v) is 8.53. The number of alkyl halides is 2. The van der Waals surface area contributed by atoms with Crippen LogP contribution in [0.3, 0.4) is 0 Å². The molecule has 0 bridgehead atoms. The molecule has 1 aromatic heterocycles. The Hall–Kier alpha value is -2.42. The van der Waals surface area contributed by atoms with Gasteiger partial charge in [0.2, 0.25) is 0 Å². The third-order valence-corrected chi connectivity index (χ3v) is 4.83. The van der Waals surface area contributed by atoms with Gasteiger partial charge in [-0.3, -0.25) is 4.68 Å². The fraction of sp³-hybridized carbons (Fsp3) is 0.412. The molecule has 3 rings (SSSR count). The number of rotatable bonds is 4. The number of anilines is 1. The first kappa shape index (κ1) is 19.3. The summed E-state index contributed by atoms with van der Waals surface area (Å²) in [5, 5.41) is 7.81. The molecule has 2 atom stereocenters. The minimum atomic E-state index is -3.44. The average Bonchev–Trinajstić information content (AvgIpc) is 2.92. The van der Waals surface area contributed by atoms with Gasteiger partial charge in [-0.25, -0.2) is 9.38 Å². The highest BCUT2D eigenvalue weighted by atomic mass is 35.5. The molecular formula is C17H19ClF3N5O.